The van der Waals surface area contributed by atoms with E-state index in [2.05, 4.69) is 10.5 Å². The van der Waals surface area contributed by atoms with Gasteiger partial charge in [0.2, 0.25) is 0 Å². The van der Waals surface area contributed by atoms with Crippen molar-refractivity contribution in [2.75, 3.05) is 0 Å². The number of carbonyl (C=O) groups excluding carboxylic acids is 2. The fraction of sp³-hybridized carbons (Fsp3) is 0. The average Bonchev–Trinajstić information content (AvgIpc) is 2.80. The van der Waals surface area contributed by atoms with Crippen LogP contribution in [-0.4, -0.2) is 18.1 Å². The molecule has 0 aromatic heterocycles. The molecule has 0 heterocycles. The van der Waals surface area contributed by atoms with Crippen LogP contribution in [-0.2, 0) is 0 Å². The molecular weight excluding hydrogens is 431 g/mol. The van der Waals surface area contributed by atoms with Crippen molar-refractivity contribution in [3.8, 4) is 5.75 Å². The summed E-state index contributed by atoms with van der Waals surface area (Å²) in [5.41, 5.74) is 3.00. The van der Waals surface area contributed by atoms with Crippen LogP contribution in [0.25, 0.3) is 10.8 Å². The lowest BCUT2D eigenvalue weighted by molar-refractivity contribution is 0.0734. The minimum Gasteiger partial charge on any atom is -0.422 e. The van der Waals surface area contributed by atoms with Gasteiger partial charge in [0.1, 0.15) is 11.6 Å². The van der Waals surface area contributed by atoms with E-state index in [1.165, 1.54) is 24.4 Å². The number of amides is 1. The van der Waals surface area contributed by atoms with Crippen LogP contribution in [0, 0.1) is 5.82 Å². The standard InChI is InChI=1S/C25H16ClFN2O3/c26-18-12-9-17(10-13-18)25(31)32-23-14-11-16-5-1-2-6-19(16)21(23)15-28-29-24(30)20-7-3-4-8-22(20)27/h1-15H,(H,29,30)/b28-15-. The van der Waals surface area contributed by atoms with Crippen molar-refractivity contribution >= 4 is 40.5 Å². The van der Waals surface area contributed by atoms with Crippen LogP contribution >= 0.6 is 11.6 Å². The highest BCUT2D eigenvalue weighted by Gasteiger charge is 2.14. The highest BCUT2D eigenvalue weighted by Crippen LogP contribution is 2.27. The third kappa shape index (κ3) is 4.66. The van der Waals surface area contributed by atoms with Crippen LogP contribution in [0.1, 0.15) is 26.3 Å². The summed E-state index contributed by atoms with van der Waals surface area (Å²) in [5, 5.41) is 6.12. The summed E-state index contributed by atoms with van der Waals surface area (Å²) in [5.74, 6) is -1.66. The Hall–Kier alpha value is -4.03. The summed E-state index contributed by atoms with van der Waals surface area (Å²) >= 11 is 5.88. The van der Waals surface area contributed by atoms with E-state index in [0.29, 0.717) is 16.1 Å². The molecule has 0 aliphatic heterocycles. The van der Waals surface area contributed by atoms with Gasteiger partial charge in [-0.3, -0.25) is 4.79 Å². The minimum atomic E-state index is -0.695. The van der Waals surface area contributed by atoms with Gasteiger partial charge in [-0.25, -0.2) is 14.6 Å². The molecule has 158 valence electrons. The van der Waals surface area contributed by atoms with Crippen LogP contribution in [0.5, 0.6) is 5.75 Å². The maximum absolute atomic E-state index is 13.8. The summed E-state index contributed by atoms with van der Waals surface area (Å²) in [6.45, 7) is 0. The third-order valence-corrected chi connectivity index (χ3v) is 4.94. The van der Waals surface area contributed by atoms with E-state index >= 15 is 0 Å². The van der Waals surface area contributed by atoms with Crippen LogP contribution < -0.4 is 10.2 Å². The molecular formula is C25H16ClFN2O3. The molecule has 7 heteroatoms. The van der Waals surface area contributed by atoms with Crippen molar-refractivity contribution in [1.82, 2.24) is 5.43 Å². The Balaban J connectivity index is 1.63. The minimum absolute atomic E-state index is 0.128. The Kier molecular flexibility index (Phi) is 6.24. The maximum Gasteiger partial charge on any atom is 0.343 e. The summed E-state index contributed by atoms with van der Waals surface area (Å²) in [7, 11) is 0. The number of hydrazone groups is 1. The molecule has 0 radical (unpaired) electrons. The van der Waals surface area contributed by atoms with Crippen LogP contribution in [0.15, 0.2) is 90.0 Å². The number of benzene rings is 4. The van der Waals surface area contributed by atoms with E-state index in [0.717, 1.165) is 10.8 Å². The van der Waals surface area contributed by atoms with Gasteiger partial charge in [0.15, 0.2) is 0 Å². The number of rotatable bonds is 5. The molecule has 1 N–H and O–H groups in total. The highest BCUT2D eigenvalue weighted by molar-refractivity contribution is 6.30. The quantitative estimate of drug-likeness (QED) is 0.187. The van der Waals surface area contributed by atoms with Gasteiger partial charge in [-0.2, -0.15) is 5.10 Å². The molecule has 0 atom stereocenters. The first-order valence-corrected chi connectivity index (χ1v) is 9.98. The lowest BCUT2D eigenvalue weighted by atomic mass is 10.0. The number of halogens is 2. The van der Waals surface area contributed by atoms with Crippen LogP contribution in [0.3, 0.4) is 0 Å². The summed E-state index contributed by atoms with van der Waals surface area (Å²) in [6, 6.07) is 22.8. The molecule has 32 heavy (non-hydrogen) atoms. The molecule has 0 bridgehead atoms. The van der Waals surface area contributed by atoms with Crippen LogP contribution in [0.4, 0.5) is 4.39 Å². The zero-order chi connectivity index (χ0) is 22.5. The highest BCUT2D eigenvalue weighted by atomic mass is 35.5. The second kappa shape index (κ2) is 9.41. The number of ether oxygens (including phenoxy) is 1. The predicted molar refractivity (Wildman–Crippen MR) is 122 cm³/mol. The molecule has 0 aliphatic carbocycles. The van der Waals surface area contributed by atoms with Gasteiger partial charge < -0.3 is 4.74 Å². The zero-order valence-corrected chi connectivity index (χ0v) is 17.3. The topological polar surface area (TPSA) is 67.8 Å². The first-order valence-electron chi connectivity index (χ1n) is 9.60. The second-order valence-corrected chi connectivity index (χ2v) is 7.21. The largest absolute Gasteiger partial charge is 0.422 e. The summed E-state index contributed by atoms with van der Waals surface area (Å²) < 4.78 is 19.4. The van der Waals surface area contributed by atoms with Crippen molar-refractivity contribution in [2.45, 2.75) is 0 Å². The molecule has 4 aromatic rings. The number of esters is 1. The molecule has 0 saturated carbocycles. The smallest absolute Gasteiger partial charge is 0.343 e. The number of fused-ring (bicyclic) bond motifs is 1. The monoisotopic (exact) mass is 446 g/mol. The van der Waals surface area contributed by atoms with Crippen molar-refractivity contribution in [3.05, 3.63) is 112 Å². The molecule has 4 aromatic carbocycles. The molecule has 0 fully saturated rings. The number of hydrogen-bond acceptors (Lipinski definition) is 4. The van der Waals surface area contributed by atoms with Gasteiger partial charge in [-0.05, 0) is 53.2 Å². The number of nitrogens with one attached hydrogen (secondary N) is 1. The van der Waals surface area contributed by atoms with E-state index < -0.39 is 17.7 Å². The van der Waals surface area contributed by atoms with Crippen molar-refractivity contribution < 1.29 is 18.7 Å². The third-order valence-electron chi connectivity index (χ3n) is 4.69. The first-order chi connectivity index (χ1) is 15.5. The van der Waals surface area contributed by atoms with Gasteiger partial charge in [-0.15, -0.1) is 0 Å². The van der Waals surface area contributed by atoms with E-state index in [1.807, 2.05) is 30.3 Å². The zero-order valence-electron chi connectivity index (χ0n) is 16.6. The summed E-state index contributed by atoms with van der Waals surface area (Å²) in [4.78, 5) is 24.8. The number of carbonyl (C=O) groups is 2. The molecule has 0 aliphatic rings. The second-order valence-electron chi connectivity index (χ2n) is 6.77. The van der Waals surface area contributed by atoms with Crippen molar-refractivity contribution in [3.63, 3.8) is 0 Å². The van der Waals surface area contributed by atoms with Crippen LogP contribution in [0.2, 0.25) is 5.02 Å². The van der Waals surface area contributed by atoms with E-state index in [4.69, 9.17) is 16.3 Å². The molecule has 5 nitrogen and oxygen atoms in total. The average molecular weight is 447 g/mol. The fourth-order valence-electron chi connectivity index (χ4n) is 3.10. The first kappa shape index (κ1) is 21.2. The van der Waals surface area contributed by atoms with Gasteiger partial charge >= 0.3 is 5.97 Å². The SMILES string of the molecule is O=C(Oc1ccc2ccccc2c1/C=N\NC(=O)c1ccccc1F)c1ccc(Cl)cc1. The Morgan fingerprint density at radius 1 is 0.906 bits per heavy atom. The Morgan fingerprint density at radius 3 is 2.41 bits per heavy atom. The Bertz CT molecular complexity index is 1340. The molecule has 0 saturated heterocycles. The van der Waals surface area contributed by atoms with Gasteiger partial charge in [0.25, 0.3) is 5.91 Å². The Labute approximate surface area is 188 Å². The number of nitrogens with zero attached hydrogens (tertiary/aromatic N) is 1. The van der Waals surface area contributed by atoms with E-state index in [9.17, 15) is 14.0 Å². The van der Waals surface area contributed by atoms with E-state index in [1.54, 1.807) is 36.4 Å². The van der Waals surface area contributed by atoms with Crippen molar-refractivity contribution in [1.29, 1.82) is 0 Å². The molecule has 4 rings (SSSR count). The lowest BCUT2D eigenvalue weighted by Gasteiger charge is -2.10. The van der Waals surface area contributed by atoms with Gasteiger partial charge in [0.05, 0.1) is 17.3 Å². The van der Waals surface area contributed by atoms with Crippen molar-refractivity contribution in [2.24, 2.45) is 5.10 Å². The molecule has 0 unspecified atom stereocenters. The van der Waals surface area contributed by atoms with Gasteiger partial charge in [-0.1, -0.05) is 54.1 Å². The Morgan fingerprint density at radius 2 is 1.62 bits per heavy atom. The van der Waals surface area contributed by atoms with E-state index in [-0.39, 0.29) is 11.3 Å². The van der Waals surface area contributed by atoms with Gasteiger partial charge in [0, 0.05) is 10.6 Å². The summed E-state index contributed by atoms with van der Waals surface area (Å²) in [6.07, 6.45) is 1.37. The fourth-order valence-corrected chi connectivity index (χ4v) is 3.23. The number of hydrogen-bond donors (Lipinski definition) is 1. The maximum atomic E-state index is 13.8. The molecule has 0 spiro atoms. The lowest BCUT2D eigenvalue weighted by Crippen LogP contribution is -2.19. The predicted octanol–water partition coefficient (Wildman–Crippen LogP) is 5.62. The normalized spacial score (nSPS) is 10.9. The molecule has 1 amide bonds.